The number of nitrogens with zero attached hydrogens (tertiary/aromatic N) is 5. The van der Waals surface area contributed by atoms with Crippen LogP contribution in [-0.4, -0.2) is 54.7 Å². The second kappa shape index (κ2) is 5.92. The monoisotopic (exact) mass is 301 g/mol. The second-order valence-electron chi connectivity index (χ2n) is 5.20. The first-order valence-corrected chi connectivity index (χ1v) is 6.98. The molecule has 2 heterocycles. The fourth-order valence-corrected chi connectivity index (χ4v) is 2.62. The predicted molar refractivity (Wildman–Crippen MR) is 75.1 cm³/mol. The first-order chi connectivity index (χ1) is 10.6. The standard InChI is InChI=1S/C14H15N5O3/c20-13(19-7-1-2-12(19)14(21)22)11-5-3-10(4-6-11)8-18-9-15-16-17-18/h3-6,9,12H,1-2,7-8H2,(H,21,22)/t12-/m1/s1. The number of likely N-dealkylation sites (tertiary alicyclic amines) is 1. The van der Waals surface area contributed by atoms with E-state index in [1.807, 2.05) is 12.1 Å². The topological polar surface area (TPSA) is 101 Å². The van der Waals surface area contributed by atoms with Crippen molar-refractivity contribution in [3.63, 3.8) is 0 Å². The Morgan fingerprint density at radius 1 is 1.27 bits per heavy atom. The molecule has 1 aliphatic rings. The van der Waals surface area contributed by atoms with Crippen LogP contribution in [0.2, 0.25) is 0 Å². The fraction of sp³-hybridized carbons (Fsp3) is 0.357. The molecule has 8 nitrogen and oxygen atoms in total. The summed E-state index contributed by atoms with van der Waals surface area (Å²) in [4.78, 5) is 25.0. The summed E-state index contributed by atoms with van der Waals surface area (Å²) < 4.78 is 1.58. The zero-order chi connectivity index (χ0) is 15.5. The van der Waals surface area contributed by atoms with E-state index < -0.39 is 12.0 Å². The fourth-order valence-electron chi connectivity index (χ4n) is 2.62. The maximum Gasteiger partial charge on any atom is 0.326 e. The summed E-state index contributed by atoms with van der Waals surface area (Å²) in [5.41, 5.74) is 1.45. The molecule has 0 aliphatic carbocycles. The van der Waals surface area contributed by atoms with Crippen molar-refractivity contribution in [3.05, 3.63) is 41.7 Å². The Bertz CT molecular complexity index is 668. The highest BCUT2D eigenvalue weighted by Gasteiger charge is 2.34. The van der Waals surface area contributed by atoms with Crippen molar-refractivity contribution in [2.45, 2.75) is 25.4 Å². The third-order valence-corrected chi connectivity index (χ3v) is 3.74. The number of aromatic nitrogens is 4. The molecule has 2 aromatic rings. The number of tetrazole rings is 1. The zero-order valence-corrected chi connectivity index (χ0v) is 11.8. The molecule has 1 aromatic carbocycles. The van der Waals surface area contributed by atoms with Crippen molar-refractivity contribution in [2.24, 2.45) is 0 Å². The number of rotatable bonds is 4. The van der Waals surface area contributed by atoms with Crippen LogP contribution in [-0.2, 0) is 11.3 Å². The minimum absolute atomic E-state index is 0.237. The van der Waals surface area contributed by atoms with Gasteiger partial charge < -0.3 is 10.0 Å². The van der Waals surface area contributed by atoms with Gasteiger partial charge in [0.05, 0.1) is 6.54 Å². The molecule has 1 atom stereocenters. The van der Waals surface area contributed by atoms with Gasteiger partial charge in [-0.3, -0.25) is 4.79 Å². The summed E-state index contributed by atoms with van der Waals surface area (Å²) in [6, 6.07) is 6.34. The van der Waals surface area contributed by atoms with Crippen molar-refractivity contribution >= 4 is 11.9 Å². The SMILES string of the molecule is O=C(O)[C@H]1CCCN1C(=O)c1ccc(Cn2cnnn2)cc1. The predicted octanol–water partition coefficient (Wildman–Crippen LogP) is 0.411. The Kier molecular flexibility index (Phi) is 3.82. The quantitative estimate of drug-likeness (QED) is 0.877. The lowest BCUT2D eigenvalue weighted by atomic mass is 10.1. The Morgan fingerprint density at radius 2 is 2.05 bits per heavy atom. The molecule has 1 amide bonds. The van der Waals surface area contributed by atoms with Crippen LogP contribution < -0.4 is 0 Å². The van der Waals surface area contributed by atoms with Gasteiger partial charge >= 0.3 is 5.97 Å². The number of carbonyl (C=O) groups is 2. The molecular formula is C14H15N5O3. The molecule has 0 radical (unpaired) electrons. The minimum Gasteiger partial charge on any atom is -0.480 e. The first kappa shape index (κ1) is 14.2. The van der Waals surface area contributed by atoms with E-state index in [2.05, 4.69) is 15.5 Å². The summed E-state index contributed by atoms with van der Waals surface area (Å²) in [6.45, 7) is 1.01. The molecule has 1 N–H and O–H groups in total. The van der Waals surface area contributed by atoms with E-state index in [4.69, 9.17) is 5.11 Å². The van der Waals surface area contributed by atoms with Crippen LogP contribution in [0.1, 0.15) is 28.8 Å². The molecule has 0 spiro atoms. The van der Waals surface area contributed by atoms with Gasteiger partial charge in [-0.1, -0.05) is 12.1 Å². The van der Waals surface area contributed by atoms with Gasteiger partial charge in [-0.05, 0) is 41.0 Å². The lowest BCUT2D eigenvalue weighted by Gasteiger charge is -2.21. The number of benzene rings is 1. The summed E-state index contributed by atoms with van der Waals surface area (Å²) in [5.74, 6) is -1.18. The van der Waals surface area contributed by atoms with Gasteiger partial charge in [-0.2, -0.15) is 0 Å². The number of hydrogen-bond donors (Lipinski definition) is 1. The summed E-state index contributed by atoms with van der Waals surface area (Å²) in [7, 11) is 0. The first-order valence-electron chi connectivity index (χ1n) is 6.98. The molecule has 0 unspecified atom stereocenters. The van der Waals surface area contributed by atoms with Gasteiger partial charge in [0.2, 0.25) is 0 Å². The van der Waals surface area contributed by atoms with Crippen molar-refractivity contribution in [1.29, 1.82) is 0 Å². The van der Waals surface area contributed by atoms with Gasteiger partial charge in [0.1, 0.15) is 12.4 Å². The minimum atomic E-state index is -0.943. The van der Waals surface area contributed by atoms with Gasteiger partial charge in [0, 0.05) is 12.1 Å². The highest BCUT2D eigenvalue weighted by atomic mass is 16.4. The molecule has 22 heavy (non-hydrogen) atoms. The van der Waals surface area contributed by atoms with Gasteiger partial charge in [0.25, 0.3) is 5.91 Å². The molecule has 8 heteroatoms. The van der Waals surface area contributed by atoms with Crippen LogP contribution in [0.5, 0.6) is 0 Å². The maximum atomic E-state index is 12.4. The zero-order valence-electron chi connectivity index (χ0n) is 11.8. The van der Waals surface area contributed by atoms with E-state index in [1.165, 1.54) is 11.2 Å². The molecule has 1 fully saturated rings. The van der Waals surface area contributed by atoms with Gasteiger partial charge in [0.15, 0.2) is 0 Å². The normalized spacial score (nSPS) is 17.6. The number of amides is 1. The third-order valence-electron chi connectivity index (χ3n) is 3.74. The number of carbonyl (C=O) groups excluding carboxylic acids is 1. The number of carboxylic acids is 1. The number of hydrogen-bond acceptors (Lipinski definition) is 5. The highest BCUT2D eigenvalue weighted by Crippen LogP contribution is 2.20. The third kappa shape index (κ3) is 2.80. The molecule has 1 aromatic heterocycles. The van der Waals surface area contributed by atoms with E-state index in [-0.39, 0.29) is 5.91 Å². The molecule has 3 rings (SSSR count). The van der Waals surface area contributed by atoms with E-state index >= 15 is 0 Å². The van der Waals surface area contributed by atoms with E-state index in [9.17, 15) is 9.59 Å². The molecule has 0 saturated carbocycles. The Balaban J connectivity index is 1.72. The average molecular weight is 301 g/mol. The molecule has 1 aliphatic heterocycles. The molecular weight excluding hydrogens is 286 g/mol. The summed E-state index contributed by atoms with van der Waals surface area (Å²) in [6.07, 6.45) is 2.75. The Morgan fingerprint density at radius 3 is 2.68 bits per heavy atom. The Labute approximate surface area is 126 Å². The lowest BCUT2D eigenvalue weighted by Crippen LogP contribution is -2.40. The number of carboxylic acid groups (broad SMARTS) is 1. The average Bonchev–Trinajstić information content (AvgIpc) is 3.18. The highest BCUT2D eigenvalue weighted by molar-refractivity contribution is 5.97. The number of aliphatic carboxylic acids is 1. The lowest BCUT2D eigenvalue weighted by molar-refractivity contribution is -0.141. The molecule has 0 bridgehead atoms. The molecule has 114 valence electrons. The van der Waals surface area contributed by atoms with E-state index in [1.54, 1.807) is 16.8 Å². The van der Waals surface area contributed by atoms with Crippen molar-refractivity contribution in [2.75, 3.05) is 6.54 Å². The van der Waals surface area contributed by atoms with Crippen molar-refractivity contribution < 1.29 is 14.7 Å². The van der Waals surface area contributed by atoms with Crippen LogP contribution in [0.3, 0.4) is 0 Å². The van der Waals surface area contributed by atoms with Crippen LogP contribution in [0.15, 0.2) is 30.6 Å². The summed E-state index contributed by atoms with van der Waals surface area (Å²) >= 11 is 0. The second-order valence-corrected chi connectivity index (χ2v) is 5.20. The Hall–Kier alpha value is -2.77. The van der Waals surface area contributed by atoms with Gasteiger partial charge in [-0.15, -0.1) is 5.10 Å². The summed E-state index contributed by atoms with van der Waals surface area (Å²) in [5, 5.41) is 20.0. The van der Waals surface area contributed by atoms with Crippen molar-refractivity contribution in [3.8, 4) is 0 Å². The molecule has 1 saturated heterocycles. The largest absolute Gasteiger partial charge is 0.480 e. The van der Waals surface area contributed by atoms with Crippen molar-refractivity contribution in [1.82, 2.24) is 25.1 Å². The van der Waals surface area contributed by atoms with Crippen LogP contribution in [0, 0.1) is 0 Å². The van der Waals surface area contributed by atoms with Gasteiger partial charge in [-0.25, -0.2) is 9.48 Å². The van der Waals surface area contributed by atoms with Crippen LogP contribution >= 0.6 is 0 Å². The smallest absolute Gasteiger partial charge is 0.326 e. The van der Waals surface area contributed by atoms with E-state index in [0.29, 0.717) is 25.1 Å². The van der Waals surface area contributed by atoms with Crippen LogP contribution in [0.4, 0.5) is 0 Å². The van der Waals surface area contributed by atoms with Crippen LogP contribution in [0.25, 0.3) is 0 Å². The maximum absolute atomic E-state index is 12.4. The van der Waals surface area contributed by atoms with E-state index in [0.717, 1.165) is 12.0 Å².